The van der Waals surface area contributed by atoms with E-state index in [-0.39, 0.29) is 18.0 Å². The molecule has 0 saturated heterocycles. The van der Waals surface area contributed by atoms with Gasteiger partial charge in [-0.25, -0.2) is 0 Å². The highest BCUT2D eigenvalue weighted by Gasteiger charge is 2.25. The SMILES string of the molecule is Cc1ccc([C@H]([NH2+][C@H](C)C(=O)Nc2cccc(C#N)c2)c2cccs2)cc1. The van der Waals surface area contributed by atoms with E-state index in [1.807, 2.05) is 13.0 Å². The molecule has 2 aromatic carbocycles. The Hall–Kier alpha value is -2.94. The first-order valence-corrected chi connectivity index (χ1v) is 9.71. The van der Waals surface area contributed by atoms with Gasteiger partial charge in [0.15, 0.2) is 6.04 Å². The molecule has 0 radical (unpaired) electrons. The number of nitriles is 1. The summed E-state index contributed by atoms with van der Waals surface area (Å²) in [4.78, 5) is 13.9. The van der Waals surface area contributed by atoms with Gasteiger partial charge in [0.25, 0.3) is 5.91 Å². The van der Waals surface area contributed by atoms with Crippen LogP contribution in [-0.4, -0.2) is 11.9 Å². The van der Waals surface area contributed by atoms with Crippen LogP contribution in [-0.2, 0) is 4.79 Å². The number of nitrogens with zero attached hydrogens (tertiary/aromatic N) is 1. The Balaban J connectivity index is 1.75. The van der Waals surface area contributed by atoms with E-state index in [1.165, 1.54) is 16.0 Å². The van der Waals surface area contributed by atoms with E-state index in [4.69, 9.17) is 5.26 Å². The van der Waals surface area contributed by atoms with Gasteiger partial charge < -0.3 is 10.6 Å². The molecule has 3 aromatic rings. The van der Waals surface area contributed by atoms with E-state index in [0.717, 1.165) is 0 Å². The lowest BCUT2D eigenvalue weighted by Gasteiger charge is -2.19. The lowest BCUT2D eigenvalue weighted by atomic mass is 10.0. The zero-order valence-electron chi connectivity index (χ0n) is 15.3. The van der Waals surface area contributed by atoms with E-state index in [1.54, 1.807) is 35.6 Å². The maximum Gasteiger partial charge on any atom is 0.282 e. The number of quaternary nitrogens is 1. The lowest BCUT2D eigenvalue weighted by Crippen LogP contribution is -2.92. The van der Waals surface area contributed by atoms with Gasteiger partial charge in [-0.3, -0.25) is 4.79 Å². The fourth-order valence-electron chi connectivity index (χ4n) is 2.91. The van der Waals surface area contributed by atoms with Crippen molar-refractivity contribution in [3.8, 4) is 6.07 Å². The Morgan fingerprint density at radius 3 is 2.59 bits per heavy atom. The van der Waals surface area contributed by atoms with Crippen LogP contribution in [0.4, 0.5) is 5.69 Å². The number of aryl methyl sites for hydroxylation is 1. The summed E-state index contributed by atoms with van der Waals surface area (Å²) in [7, 11) is 0. The molecule has 0 spiro atoms. The van der Waals surface area contributed by atoms with Gasteiger partial charge in [0.05, 0.1) is 16.5 Å². The van der Waals surface area contributed by atoms with Crippen molar-refractivity contribution in [1.82, 2.24) is 0 Å². The summed E-state index contributed by atoms with van der Waals surface area (Å²) in [6.45, 7) is 3.97. The van der Waals surface area contributed by atoms with Crippen LogP contribution in [0.25, 0.3) is 0 Å². The minimum Gasteiger partial charge on any atom is -0.326 e. The van der Waals surface area contributed by atoms with E-state index < -0.39 is 0 Å². The maximum absolute atomic E-state index is 12.7. The summed E-state index contributed by atoms with van der Waals surface area (Å²) < 4.78 is 0. The average molecular weight is 377 g/mol. The van der Waals surface area contributed by atoms with Crippen molar-refractivity contribution in [1.29, 1.82) is 5.26 Å². The molecular formula is C22H22N3OS+. The molecule has 0 aliphatic heterocycles. The van der Waals surface area contributed by atoms with Crippen molar-refractivity contribution in [2.45, 2.75) is 25.9 Å². The summed E-state index contributed by atoms with van der Waals surface area (Å²) in [5.41, 5.74) is 3.56. The van der Waals surface area contributed by atoms with Crippen molar-refractivity contribution in [2.75, 3.05) is 5.32 Å². The first kappa shape index (κ1) is 18.8. The number of carbonyl (C=O) groups excluding carboxylic acids is 1. The zero-order valence-corrected chi connectivity index (χ0v) is 16.2. The minimum absolute atomic E-state index is 0.0665. The molecular weight excluding hydrogens is 354 g/mol. The highest BCUT2D eigenvalue weighted by molar-refractivity contribution is 7.10. The van der Waals surface area contributed by atoms with Gasteiger partial charge in [-0.2, -0.15) is 5.26 Å². The predicted octanol–water partition coefficient (Wildman–Crippen LogP) is 3.61. The molecule has 27 heavy (non-hydrogen) atoms. The quantitative estimate of drug-likeness (QED) is 0.690. The third-order valence-electron chi connectivity index (χ3n) is 4.44. The summed E-state index contributed by atoms with van der Waals surface area (Å²) in [5, 5.41) is 16.1. The van der Waals surface area contributed by atoms with Gasteiger partial charge in [0.1, 0.15) is 6.04 Å². The molecule has 3 rings (SSSR count). The smallest absolute Gasteiger partial charge is 0.282 e. The number of hydrogen-bond donors (Lipinski definition) is 2. The number of amides is 1. The number of thiophene rings is 1. The maximum atomic E-state index is 12.7. The highest BCUT2D eigenvalue weighted by Crippen LogP contribution is 2.23. The van der Waals surface area contributed by atoms with Crippen LogP contribution >= 0.6 is 11.3 Å². The summed E-state index contributed by atoms with van der Waals surface area (Å²) in [6.07, 6.45) is 0. The Kier molecular flexibility index (Phi) is 6.02. The second-order valence-electron chi connectivity index (χ2n) is 6.57. The summed E-state index contributed by atoms with van der Waals surface area (Å²) in [5.74, 6) is -0.0845. The summed E-state index contributed by atoms with van der Waals surface area (Å²) in [6, 6.07) is 21.4. The van der Waals surface area contributed by atoms with Gasteiger partial charge in [-0.1, -0.05) is 42.0 Å². The van der Waals surface area contributed by atoms with Crippen molar-refractivity contribution < 1.29 is 10.1 Å². The second kappa shape index (κ2) is 8.63. The molecule has 5 heteroatoms. The number of carbonyl (C=O) groups is 1. The molecule has 0 aliphatic carbocycles. The van der Waals surface area contributed by atoms with Gasteiger partial charge in [-0.15, -0.1) is 11.3 Å². The van der Waals surface area contributed by atoms with Crippen molar-refractivity contribution in [3.63, 3.8) is 0 Å². The molecule has 2 atom stereocenters. The van der Waals surface area contributed by atoms with E-state index in [0.29, 0.717) is 11.3 Å². The van der Waals surface area contributed by atoms with Crippen molar-refractivity contribution in [3.05, 3.63) is 87.6 Å². The molecule has 1 heterocycles. The first-order chi connectivity index (χ1) is 13.1. The van der Waals surface area contributed by atoms with Crippen LogP contribution in [0, 0.1) is 18.3 Å². The molecule has 0 fully saturated rings. The van der Waals surface area contributed by atoms with Crippen LogP contribution < -0.4 is 10.6 Å². The molecule has 3 N–H and O–H groups in total. The number of anilines is 1. The van der Waals surface area contributed by atoms with Crippen LogP contribution in [0.1, 0.15) is 34.5 Å². The minimum atomic E-state index is -0.288. The van der Waals surface area contributed by atoms with Crippen LogP contribution in [0.3, 0.4) is 0 Å². The average Bonchev–Trinajstić information content (AvgIpc) is 3.21. The number of nitrogens with two attached hydrogens (primary N) is 1. The van der Waals surface area contributed by atoms with Gasteiger partial charge >= 0.3 is 0 Å². The molecule has 0 bridgehead atoms. The molecule has 4 nitrogen and oxygen atoms in total. The number of rotatable bonds is 6. The highest BCUT2D eigenvalue weighted by atomic mass is 32.1. The number of nitrogens with one attached hydrogen (secondary N) is 1. The normalized spacial score (nSPS) is 12.8. The van der Waals surface area contributed by atoms with Gasteiger partial charge in [0.2, 0.25) is 0 Å². The zero-order chi connectivity index (χ0) is 19.2. The van der Waals surface area contributed by atoms with Crippen LogP contribution in [0.15, 0.2) is 66.0 Å². The first-order valence-electron chi connectivity index (χ1n) is 8.83. The van der Waals surface area contributed by atoms with E-state index >= 15 is 0 Å². The molecule has 1 aromatic heterocycles. The molecule has 0 unspecified atom stereocenters. The van der Waals surface area contributed by atoms with Gasteiger partial charge in [0, 0.05) is 11.3 Å². The summed E-state index contributed by atoms with van der Waals surface area (Å²) >= 11 is 1.69. The largest absolute Gasteiger partial charge is 0.326 e. The number of benzene rings is 2. The van der Waals surface area contributed by atoms with Crippen molar-refractivity contribution in [2.24, 2.45) is 0 Å². The Bertz CT molecular complexity index is 942. The van der Waals surface area contributed by atoms with Crippen LogP contribution in [0.2, 0.25) is 0 Å². The monoisotopic (exact) mass is 376 g/mol. The Labute approximate surface area is 163 Å². The standard InChI is InChI=1S/C22H21N3OS/c1-15-8-10-18(11-9-15)21(20-7-4-12-27-20)24-16(2)22(26)25-19-6-3-5-17(13-19)14-23/h3-13,16,21,24H,1-2H3,(H,25,26)/p+1/t16-,21+/m1/s1. The molecule has 136 valence electrons. The van der Waals surface area contributed by atoms with Crippen LogP contribution in [0.5, 0.6) is 0 Å². The Morgan fingerprint density at radius 2 is 1.93 bits per heavy atom. The lowest BCUT2D eigenvalue weighted by molar-refractivity contribution is -0.703. The fourth-order valence-corrected chi connectivity index (χ4v) is 3.74. The van der Waals surface area contributed by atoms with Gasteiger partial charge in [-0.05, 0) is 43.5 Å². The topological polar surface area (TPSA) is 69.5 Å². The second-order valence-corrected chi connectivity index (χ2v) is 7.55. The van der Waals surface area contributed by atoms with Crippen molar-refractivity contribution >= 4 is 22.9 Å². The third-order valence-corrected chi connectivity index (χ3v) is 5.40. The molecule has 0 saturated carbocycles. The molecule has 0 aliphatic rings. The predicted molar refractivity (Wildman–Crippen MR) is 109 cm³/mol. The van der Waals surface area contributed by atoms with E-state index in [2.05, 4.69) is 59.3 Å². The molecule has 1 amide bonds. The van der Waals surface area contributed by atoms with E-state index in [9.17, 15) is 4.79 Å². The third kappa shape index (κ3) is 4.82. The number of hydrogen-bond acceptors (Lipinski definition) is 3. The fraction of sp³-hybridized carbons (Fsp3) is 0.182. The Morgan fingerprint density at radius 1 is 1.15 bits per heavy atom.